The van der Waals surface area contributed by atoms with E-state index in [2.05, 4.69) is 37.2 Å². The average molecular weight is 482 g/mol. The lowest BCUT2D eigenvalue weighted by atomic mass is 10.0. The van der Waals surface area contributed by atoms with E-state index < -0.39 is 0 Å². The number of aromatic nitrogens is 1. The summed E-state index contributed by atoms with van der Waals surface area (Å²) in [4.78, 5) is 17.8. The smallest absolute Gasteiger partial charge is 0.256 e. The standard InChI is InChI=1S/C22H14Br2N2O/c23-15-6-3-5-14(11-15)21-13-19(18-9-1-2-10-20(18)26-21)22(27)25-17-8-4-7-16(24)12-17/h1-13H,(H,25,27). The topological polar surface area (TPSA) is 42.0 Å². The number of amides is 1. The van der Waals surface area contributed by atoms with E-state index in [1.54, 1.807) is 0 Å². The van der Waals surface area contributed by atoms with Crippen molar-refractivity contribution in [3.05, 3.63) is 93.4 Å². The second kappa shape index (κ2) is 7.62. The summed E-state index contributed by atoms with van der Waals surface area (Å²) >= 11 is 6.93. The average Bonchev–Trinajstić information content (AvgIpc) is 2.67. The van der Waals surface area contributed by atoms with Crippen LogP contribution in [0.25, 0.3) is 22.2 Å². The lowest BCUT2D eigenvalue weighted by Crippen LogP contribution is -2.13. The molecule has 1 heterocycles. The van der Waals surface area contributed by atoms with E-state index >= 15 is 0 Å². The van der Waals surface area contributed by atoms with Crippen molar-refractivity contribution in [1.29, 1.82) is 0 Å². The number of anilines is 1. The summed E-state index contributed by atoms with van der Waals surface area (Å²) < 4.78 is 1.88. The summed E-state index contributed by atoms with van der Waals surface area (Å²) in [7, 11) is 0. The number of halogens is 2. The van der Waals surface area contributed by atoms with Gasteiger partial charge < -0.3 is 5.32 Å². The number of pyridine rings is 1. The highest BCUT2D eigenvalue weighted by Gasteiger charge is 2.14. The molecule has 27 heavy (non-hydrogen) atoms. The molecule has 0 radical (unpaired) electrons. The van der Waals surface area contributed by atoms with E-state index in [-0.39, 0.29) is 5.91 Å². The van der Waals surface area contributed by atoms with Crippen LogP contribution in [0.3, 0.4) is 0 Å². The van der Waals surface area contributed by atoms with Crippen LogP contribution >= 0.6 is 31.9 Å². The minimum Gasteiger partial charge on any atom is -0.322 e. The van der Waals surface area contributed by atoms with Crippen molar-refractivity contribution in [2.24, 2.45) is 0 Å². The summed E-state index contributed by atoms with van der Waals surface area (Å²) in [5.74, 6) is -0.164. The molecule has 0 saturated carbocycles. The first-order valence-corrected chi connectivity index (χ1v) is 9.91. The predicted molar refractivity (Wildman–Crippen MR) is 117 cm³/mol. The molecule has 3 aromatic carbocycles. The molecule has 0 fully saturated rings. The fourth-order valence-corrected chi connectivity index (χ4v) is 3.72. The van der Waals surface area contributed by atoms with Gasteiger partial charge in [0.2, 0.25) is 0 Å². The minimum absolute atomic E-state index is 0.164. The maximum absolute atomic E-state index is 13.0. The number of rotatable bonds is 3. The predicted octanol–water partition coefficient (Wildman–Crippen LogP) is 6.68. The fraction of sp³-hybridized carbons (Fsp3) is 0. The highest BCUT2D eigenvalue weighted by Crippen LogP contribution is 2.27. The van der Waals surface area contributed by atoms with E-state index in [4.69, 9.17) is 4.98 Å². The van der Waals surface area contributed by atoms with Crippen LogP contribution in [0.15, 0.2) is 87.8 Å². The zero-order valence-corrected chi connectivity index (χ0v) is 17.3. The lowest BCUT2D eigenvalue weighted by molar-refractivity contribution is 0.102. The van der Waals surface area contributed by atoms with Gasteiger partial charge in [-0.2, -0.15) is 0 Å². The molecule has 0 spiro atoms. The quantitative estimate of drug-likeness (QED) is 0.354. The molecule has 0 aliphatic heterocycles. The number of nitrogens with one attached hydrogen (secondary N) is 1. The molecule has 0 aliphatic carbocycles. The van der Waals surface area contributed by atoms with Gasteiger partial charge in [-0.1, -0.05) is 68.3 Å². The number of benzene rings is 3. The Labute approximate surface area is 173 Å². The third-order valence-corrected chi connectivity index (χ3v) is 5.15. The maximum atomic E-state index is 13.0. The number of nitrogens with zero attached hydrogens (tertiary/aromatic N) is 1. The van der Waals surface area contributed by atoms with Crippen LogP contribution in [0.5, 0.6) is 0 Å². The Kier molecular flexibility index (Phi) is 5.05. The summed E-state index contributed by atoms with van der Waals surface area (Å²) in [6, 6.07) is 25.0. The van der Waals surface area contributed by atoms with Crippen LogP contribution < -0.4 is 5.32 Å². The number of para-hydroxylation sites is 1. The monoisotopic (exact) mass is 480 g/mol. The number of hydrogen-bond acceptors (Lipinski definition) is 2. The third kappa shape index (κ3) is 3.94. The molecular weight excluding hydrogens is 468 g/mol. The van der Waals surface area contributed by atoms with Gasteiger partial charge in [-0.3, -0.25) is 4.79 Å². The second-order valence-corrected chi connectivity index (χ2v) is 7.88. The van der Waals surface area contributed by atoms with Gasteiger partial charge >= 0.3 is 0 Å². The van der Waals surface area contributed by atoms with E-state index in [0.29, 0.717) is 5.56 Å². The molecule has 1 amide bonds. The zero-order valence-electron chi connectivity index (χ0n) is 14.1. The van der Waals surface area contributed by atoms with Gasteiger partial charge in [-0.25, -0.2) is 4.98 Å². The molecule has 0 unspecified atom stereocenters. The molecule has 5 heteroatoms. The molecule has 4 rings (SSSR count). The highest BCUT2D eigenvalue weighted by molar-refractivity contribution is 9.10. The molecule has 3 nitrogen and oxygen atoms in total. The van der Waals surface area contributed by atoms with Gasteiger partial charge in [-0.05, 0) is 42.5 Å². The van der Waals surface area contributed by atoms with Crippen LogP contribution in [0, 0.1) is 0 Å². The van der Waals surface area contributed by atoms with Gasteiger partial charge in [0.05, 0.1) is 16.8 Å². The maximum Gasteiger partial charge on any atom is 0.256 e. The van der Waals surface area contributed by atoms with Crippen molar-refractivity contribution in [2.45, 2.75) is 0 Å². The number of hydrogen-bond donors (Lipinski definition) is 1. The Bertz CT molecular complexity index is 1160. The summed E-state index contributed by atoms with van der Waals surface area (Å²) in [5, 5.41) is 3.80. The van der Waals surface area contributed by atoms with Crippen molar-refractivity contribution in [3.8, 4) is 11.3 Å². The molecule has 4 aromatic rings. The van der Waals surface area contributed by atoms with Gasteiger partial charge in [0.1, 0.15) is 0 Å². The van der Waals surface area contributed by atoms with Crippen LogP contribution in [0.2, 0.25) is 0 Å². The molecule has 132 valence electrons. The summed E-state index contributed by atoms with van der Waals surface area (Å²) in [6.45, 7) is 0. The summed E-state index contributed by atoms with van der Waals surface area (Å²) in [5.41, 5.74) is 3.82. The highest BCUT2D eigenvalue weighted by atomic mass is 79.9. The molecule has 0 atom stereocenters. The van der Waals surface area contributed by atoms with Crippen LogP contribution in [0.1, 0.15) is 10.4 Å². The van der Waals surface area contributed by atoms with Crippen molar-refractivity contribution in [2.75, 3.05) is 5.32 Å². The Morgan fingerprint density at radius 1 is 0.815 bits per heavy atom. The van der Waals surface area contributed by atoms with Gasteiger partial charge in [0.15, 0.2) is 0 Å². The van der Waals surface area contributed by atoms with Crippen molar-refractivity contribution >= 4 is 54.4 Å². The second-order valence-electron chi connectivity index (χ2n) is 6.05. The third-order valence-electron chi connectivity index (χ3n) is 4.16. The zero-order chi connectivity index (χ0) is 18.8. The Morgan fingerprint density at radius 3 is 2.33 bits per heavy atom. The first kappa shape index (κ1) is 17.9. The molecular formula is C22H14Br2N2O. The number of carbonyl (C=O) groups is 1. The lowest BCUT2D eigenvalue weighted by Gasteiger charge is -2.11. The van der Waals surface area contributed by atoms with E-state index in [1.807, 2.05) is 78.9 Å². The van der Waals surface area contributed by atoms with Crippen LogP contribution in [-0.2, 0) is 0 Å². The van der Waals surface area contributed by atoms with Gasteiger partial charge in [-0.15, -0.1) is 0 Å². The van der Waals surface area contributed by atoms with Crippen LogP contribution in [0.4, 0.5) is 5.69 Å². The largest absolute Gasteiger partial charge is 0.322 e. The Morgan fingerprint density at radius 2 is 1.56 bits per heavy atom. The van der Waals surface area contributed by atoms with E-state index in [9.17, 15) is 4.79 Å². The number of fused-ring (bicyclic) bond motifs is 1. The Hall–Kier alpha value is -2.50. The molecule has 0 bridgehead atoms. The van der Waals surface area contributed by atoms with Crippen molar-refractivity contribution in [3.63, 3.8) is 0 Å². The van der Waals surface area contributed by atoms with E-state index in [1.165, 1.54) is 0 Å². The van der Waals surface area contributed by atoms with Crippen molar-refractivity contribution < 1.29 is 4.79 Å². The molecule has 1 N–H and O–H groups in total. The SMILES string of the molecule is O=C(Nc1cccc(Br)c1)c1cc(-c2cccc(Br)c2)nc2ccccc12. The van der Waals surface area contributed by atoms with Crippen LogP contribution in [-0.4, -0.2) is 10.9 Å². The molecule has 1 aromatic heterocycles. The first-order chi connectivity index (χ1) is 13.1. The fourth-order valence-electron chi connectivity index (χ4n) is 2.92. The van der Waals surface area contributed by atoms with E-state index in [0.717, 1.165) is 36.8 Å². The van der Waals surface area contributed by atoms with Gasteiger partial charge in [0.25, 0.3) is 5.91 Å². The molecule has 0 saturated heterocycles. The normalized spacial score (nSPS) is 10.7. The first-order valence-electron chi connectivity index (χ1n) is 8.33. The minimum atomic E-state index is -0.164. The van der Waals surface area contributed by atoms with Gasteiger partial charge in [0, 0.05) is 25.6 Å². The Balaban J connectivity index is 1.82. The summed E-state index contributed by atoms with van der Waals surface area (Å²) in [6.07, 6.45) is 0. The number of carbonyl (C=O) groups excluding carboxylic acids is 1. The van der Waals surface area contributed by atoms with Crippen molar-refractivity contribution in [1.82, 2.24) is 4.98 Å². The molecule has 0 aliphatic rings.